The number of carbonyl (C=O) groups is 2. The van der Waals surface area contributed by atoms with Gasteiger partial charge in [-0.2, -0.15) is 0 Å². The van der Waals surface area contributed by atoms with Gasteiger partial charge in [-0.3, -0.25) is 4.79 Å². The molecule has 10 heteroatoms. The summed E-state index contributed by atoms with van der Waals surface area (Å²) in [5, 5.41) is 9.49. The molecule has 0 bridgehead atoms. The summed E-state index contributed by atoms with van der Waals surface area (Å²) in [5.74, 6) is -1.49. The van der Waals surface area contributed by atoms with Crippen LogP contribution in [-0.2, 0) is 6.42 Å². The smallest absolute Gasteiger partial charge is 0.315 e. The van der Waals surface area contributed by atoms with Crippen molar-refractivity contribution in [3.63, 3.8) is 0 Å². The first-order valence-corrected chi connectivity index (χ1v) is 14.8. The Morgan fingerprint density at radius 2 is 1.76 bits per heavy atom. The van der Waals surface area contributed by atoms with Crippen molar-refractivity contribution in [3.05, 3.63) is 77.8 Å². The summed E-state index contributed by atoms with van der Waals surface area (Å²) < 4.78 is 29.9. The molecule has 224 valence electrons. The van der Waals surface area contributed by atoms with Gasteiger partial charge in [0.2, 0.25) is 0 Å². The number of aromatic nitrogens is 2. The van der Waals surface area contributed by atoms with Crippen LogP contribution in [0.1, 0.15) is 68.5 Å². The zero-order chi connectivity index (χ0) is 29.9. The molecule has 1 aliphatic heterocycles. The van der Waals surface area contributed by atoms with Crippen molar-refractivity contribution in [1.82, 2.24) is 30.4 Å². The lowest BCUT2D eigenvalue weighted by molar-refractivity contribution is 0.0631. The van der Waals surface area contributed by atoms with E-state index in [-0.39, 0.29) is 35.6 Å². The van der Waals surface area contributed by atoms with E-state index in [9.17, 15) is 18.4 Å². The van der Waals surface area contributed by atoms with E-state index in [1.165, 1.54) is 12.1 Å². The SMILES string of the molecule is CC(C)(C)NC(=O)N[C@H]1CCCC[C@@H]1n1cnc(C(=O)N2CCNCC2Cc2cc(F)cc(F)c2)c1-c1ccccc1. The molecule has 3 N–H and O–H groups in total. The van der Waals surface area contributed by atoms with Crippen molar-refractivity contribution in [3.8, 4) is 11.3 Å². The Labute approximate surface area is 245 Å². The number of carbonyl (C=O) groups excluding carboxylic acids is 2. The minimum Gasteiger partial charge on any atom is -0.334 e. The molecule has 0 radical (unpaired) electrons. The molecule has 2 aliphatic rings. The molecular formula is C32H40F2N6O2. The fourth-order valence-corrected chi connectivity index (χ4v) is 6.16. The highest BCUT2D eigenvalue weighted by Crippen LogP contribution is 2.35. The second kappa shape index (κ2) is 12.6. The summed E-state index contributed by atoms with van der Waals surface area (Å²) >= 11 is 0. The lowest BCUT2D eigenvalue weighted by Crippen LogP contribution is -2.54. The Balaban J connectivity index is 1.47. The Bertz CT molecular complexity index is 1380. The average Bonchev–Trinajstić information content (AvgIpc) is 3.37. The van der Waals surface area contributed by atoms with Gasteiger partial charge in [0.25, 0.3) is 5.91 Å². The van der Waals surface area contributed by atoms with E-state index in [0.717, 1.165) is 37.3 Å². The van der Waals surface area contributed by atoms with Crippen molar-refractivity contribution in [1.29, 1.82) is 0 Å². The number of hydrogen-bond acceptors (Lipinski definition) is 4. The van der Waals surface area contributed by atoms with E-state index in [0.29, 0.717) is 43.0 Å². The van der Waals surface area contributed by atoms with Gasteiger partial charge in [-0.15, -0.1) is 0 Å². The quantitative estimate of drug-likeness (QED) is 0.381. The molecule has 2 aromatic carbocycles. The van der Waals surface area contributed by atoms with Crippen LogP contribution in [0.15, 0.2) is 54.9 Å². The van der Waals surface area contributed by atoms with Gasteiger partial charge in [-0.1, -0.05) is 43.2 Å². The van der Waals surface area contributed by atoms with E-state index in [1.807, 2.05) is 51.1 Å². The third-order valence-corrected chi connectivity index (χ3v) is 7.94. The summed E-state index contributed by atoms with van der Waals surface area (Å²) in [5.41, 5.74) is 2.04. The van der Waals surface area contributed by atoms with Crippen LogP contribution in [0, 0.1) is 11.6 Å². The Morgan fingerprint density at radius 1 is 1.05 bits per heavy atom. The number of nitrogens with one attached hydrogen (secondary N) is 3. The summed E-state index contributed by atoms with van der Waals surface area (Å²) in [6.45, 7) is 7.39. The number of rotatable bonds is 6. The van der Waals surface area contributed by atoms with E-state index in [2.05, 4.69) is 25.5 Å². The third kappa shape index (κ3) is 6.98. The number of piperazine rings is 1. The van der Waals surface area contributed by atoms with Crippen molar-refractivity contribution >= 4 is 11.9 Å². The highest BCUT2D eigenvalue weighted by Gasteiger charge is 2.35. The largest absolute Gasteiger partial charge is 0.334 e. The van der Waals surface area contributed by atoms with Crippen molar-refractivity contribution in [2.45, 2.75) is 76.5 Å². The number of halogens is 2. The molecule has 42 heavy (non-hydrogen) atoms. The van der Waals surface area contributed by atoms with Crippen LogP contribution in [0.5, 0.6) is 0 Å². The van der Waals surface area contributed by atoms with Crippen molar-refractivity contribution in [2.24, 2.45) is 0 Å². The van der Waals surface area contributed by atoms with Gasteiger partial charge in [-0.05, 0) is 57.7 Å². The Hall–Kier alpha value is -3.79. The van der Waals surface area contributed by atoms with Gasteiger partial charge in [0, 0.05) is 42.8 Å². The Kier molecular flexibility index (Phi) is 8.91. The third-order valence-electron chi connectivity index (χ3n) is 7.94. The summed E-state index contributed by atoms with van der Waals surface area (Å²) in [7, 11) is 0. The van der Waals surface area contributed by atoms with Crippen molar-refractivity contribution in [2.75, 3.05) is 19.6 Å². The number of amides is 3. The van der Waals surface area contributed by atoms with Crippen molar-refractivity contribution < 1.29 is 18.4 Å². The van der Waals surface area contributed by atoms with Gasteiger partial charge in [0.15, 0.2) is 5.69 Å². The van der Waals surface area contributed by atoms with Gasteiger partial charge >= 0.3 is 6.03 Å². The average molecular weight is 579 g/mol. The fourth-order valence-electron chi connectivity index (χ4n) is 6.16. The molecule has 3 aromatic rings. The van der Waals surface area contributed by atoms with E-state index in [4.69, 9.17) is 0 Å². The van der Waals surface area contributed by atoms with Gasteiger partial charge in [0.05, 0.1) is 24.1 Å². The van der Waals surface area contributed by atoms with E-state index >= 15 is 0 Å². The van der Waals surface area contributed by atoms with Gasteiger partial charge < -0.3 is 25.4 Å². The fraction of sp³-hybridized carbons (Fsp3) is 0.469. The topological polar surface area (TPSA) is 91.3 Å². The first kappa shape index (κ1) is 29.7. The number of benzene rings is 2. The molecule has 1 saturated carbocycles. The number of nitrogens with zero attached hydrogens (tertiary/aromatic N) is 3. The molecule has 2 fully saturated rings. The molecule has 8 nitrogen and oxygen atoms in total. The molecule has 5 rings (SSSR count). The second-order valence-electron chi connectivity index (χ2n) is 12.4. The molecular weight excluding hydrogens is 538 g/mol. The molecule has 3 atom stereocenters. The zero-order valence-electron chi connectivity index (χ0n) is 24.5. The number of hydrogen-bond donors (Lipinski definition) is 3. The summed E-state index contributed by atoms with van der Waals surface area (Å²) in [6, 6.07) is 12.5. The minimum absolute atomic E-state index is 0.0807. The van der Waals surface area contributed by atoms with Crippen LogP contribution >= 0.6 is 0 Å². The van der Waals surface area contributed by atoms with Crippen LogP contribution in [0.4, 0.5) is 13.6 Å². The molecule has 3 amide bonds. The Morgan fingerprint density at radius 3 is 2.48 bits per heavy atom. The first-order chi connectivity index (χ1) is 20.1. The minimum atomic E-state index is -0.636. The number of imidazole rings is 1. The van der Waals surface area contributed by atoms with Gasteiger partial charge in [0.1, 0.15) is 11.6 Å². The zero-order valence-corrected chi connectivity index (χ0v) is 24.5. The predicted octanol–water partition coefficient (Wildman–Crippen LogP) is 5.07. The maximum atomic E-state index is 14.2. The second-order valence-corrected chi connectivity index (χ2v) is 12.4. The molecule has 1 aliphatic carbocycles. The van der Waals surface area contributed by atoms with Crippen LogP contribution in [0.2, 0.25) is 0 Å². The summed E-state index contributed by atoms with van der Waals surface area (Å²) in [6.07, 6.45) is 5.70. The van der Waals surface area contributed by atoms with Crippen LogP contribution in [0.3, 0.4) is 0 Å². The standard InChI is InChI=1S/C32H40F2N6O2/c1-32(2,3)38-31(42)37-26-11-7-8-12-27(26)40-20-36-28(29(40)22-9-5-4-6-10-22)30(41)39-14-13-35-19-25(39)17-21-15-23(33)18-24(34)16-21/h4-6,9-10,15-16,18,20,25-27,35H,7-8,11-14,17,19H2,1-3H3,(H2,37,38,42)/t25?,26-,27-/m0/s1. The van der Waals surface area contributed by atoms with E-state index < -0.39 is 11.6 Å². The summed E-state index contributed by atoms with van der Waals surface area (Å²) in [4.78, 5) is 33.5. The molecule has 0 spiro atoms. The van der Waals surface area contributed by atoms with Crippen LogP contribution < -0.4 is 16.0 Å². The predicted molar refractivity (Wildman–Crippen MR) is 158 cm³/mol. The molecule has 2 heterocycles. The lowest BCUT2D eigenvalue weighted by atomic mass is 9.89. The van der Waals surface area contributed by atoms with Crippen LogP contribution in [0.25, 0.3) is 11.3 Å². The van der Waals surface area contributed by atoms with E-state index in [1.54, 1.807) is 11.2 Å². The maximum absolute atomic E-state index is 14.2. The van der Waals surface area contributed by atoms with Crippen LogP contribution in [-0.4, -0.2) is 63.6 Å². The number of urea groups is 1. The lowest BCUT2D eigenvalue weighted by Gasteiger charge is -2.37. The van der Waals surface area contributed by atoms with Gasteiger partial charge in [-0.25, -0.2) is 18.6 Å². The first-order valence-electron chi connectivity index (χ1n) is 14.8. The normalized spacial score (nSPS) is 21.2. The highest BCUT2D eigenvalue weighted by atomic mass is 19.1. The molecule has 1 aromatic heterocycles. The highest BCUT2D eigenvalue weighted by molar-refractivity contribution is 5.98. The molecule has 1 unspecified atom stereocenters. The molecule has 1 saturated heterocycles. The monoisotopic (exact) mass is 578 g/mol. The maximum Gasteiger partial charge on any atom is 0.315 e.